The second kappa shape index (κ2) is 8.93. The van der Waals surface area contributed by atoms with E-state index in [0.717, 1.165) is 10.8 Å². The summed E-state index contributed by atoms with van der Waals surface area (Å²) >= 11 is 0. The minimum absolute atomic E-state index is 0.0517. The summed E-state index contributed by atoms with van der Waals surface area (Å²) in [5.74, 6) is -1.16. The van der Waals surface area contributed by atoms with E-state index in [2.05, 4.69) is 0 Å². The van der Waals surface area contributed by atoms with Gasteiger partial charge in [0.1, 0.15) is 5.57 Å². The van der Waals surface area contributed by atoms with Crippen LogP contribution in [0.25, 0.3) is 10.8 Å². The van der Waals surface area contributed by atoms with Gasteiger partial charge in [-0.25, -0.2) is 4.79 Å². The lowest BCUT2D eigenvalue weighted by Gasteiger charge is -2.31. The Labute approximate surface area is 196 Å². The highest BCUT2D eigenvalue weighted by atomic mass is 16.5. The summed E-state index contributed by atoms with van der Waals surface area (Å²) in [5.41, 5.74) is 1.00. The molecule has 4 heteroatoms. The summed E-state index contributed by atoms with van der Waals surface area (Å²) in [4.78, 5) is 40.3. The first kappa shape index (κ1) is 24.4. The van der Waals surface area contributed by atoms with Crippen molar-refractivity contribution in [2.45, 2.75) is 48.5 Å². The SMILES string of the molecule is CCOC(=O)C(C(=O)c1cccc2ccccc12)=C1C=C(C(C)(C)C)C(=O)C(C(C)(C)C)=C1. The van der Waals surface area contributed by atoms with E-state index >= 15 is 0 Å². The fraction of sp³-hybridized carbons (Fsp3) is 0.345. The summed E-state index contributed by atoms with van der Waals surface area (Å²) in [6.45, 7) is 13.6. The van der Waals surface area contributed by atoms with E-state index in [4.69, 9.17) is 4.74 Å². The number of allylic oxidation sites excluding steroid dienone is 5. The zero-order valence-corrected chi connectivity index (χ0v) is 20.5. The molecule has 0 amide bonds. The van der Waals surface area contributed by atoms with E-state index < -0.39 is 22.6 Å². The number of ether oxygens (including phenoxy) is 1. The third-order valence-electron chi connectivity index (χ3n) is 5.73. The fourth-order valence-electron chi connectivity index (χ4n) is 3.99. The van der Waals surface area contributed by atoms with Gasteiger partial charge in [0.2, 0.25) is 5.78 Å². The lowest BCUT2D eigenvalue weighted by Crippen LogP contribution is -2.29. The molecule has 0 heterocycles. The Balaban J connectivity index is 2.36. The number of carbonyl (C=O) groups excluding carboxylic acids is 3. The summed E-state index contributed by atoms with van der Waals surface area (Å²) in [5, 5.41) is 1.67. The van der Waals surface area contributed by atoms with Crippen molar-refractivity contribution in [2.24, 2.45) is 10.8 Å². The van der Waals surface area contributed by atoms with Crippen LogP contribution in [-0.4, -0.2) is 24.1 Å². The summed E-state index contributed by atoms with van der Waals surface area (Å²) in [6.07, 6.45) is 3.37. The molecule has 0 saturated carbocycles. The van der Waals surface area contributed by atoms with Crippen LogP contribution < -0.4 is 0 Å². The molecule has 2 aromatic carbocycles. The predicted molar refractivity (Wildman–Crippen MR) is 132 cm³/mol. The van der Waals surface area contributed by atoms with Crippen LogP contribution in [0.15, 0.2) is 76.9 Å². The Morgan fingerprint density at radius 3 is 1.91 bits per heavy atom. The normalized spacial score (nSPS) is 14.6. The van der Waals surface area contributed by atoms with Crippen molar-refractivity contribution in [3.05, 3.63) is 82.5 Å². The van der Waals surface area contributed by atoms with Crippen molar-refractivity contribution >= 4 is 28.3 Å². The number of fused-ring (bicyclic) bond motifs is 1. The molecule has 1 aliphatic rings. The maximum atomic E-state index is 13.9. The molecule has 0 N–H and O–H groups in total. The highest BCUT2D eigenvalue weighted by Crippen LogP contribution is 2.40. The van der Waals surface area contributed by atoms with Crippen LogP contribution in [0.5, 0.6) is 0 Å². The summed E-state index contributed by atoms with van der Waals surface area (Å²) in [7, 11) is 0. The Morgan fingerprint density at radius 2 is 1.36 bits per heavy atom. The maximum Gasteiger partial charge on any atom is 0.342 e. The van der Waals surface area contributed by atoms with Gasteiger partial charge in [0.15, 0.2) is 5.78 Å². The Morgan fingerprint density at radius 1 is 0.818 bits per heavy atom. The summed E-state index contributed by atoms with van der Waals surface area (Å²) < 4.78 is 5.32. The van der Waals surface area contributed by atoms with Crippen LogP contribution in [-0.2, 0) is 14.3 Å². The Kier molecular flexibility index (Phi) is 6.60. The average molecular weight is 445 g/mol. The molecule has 0 spiro atoms. The third-order valence-corrected chi connectivity index (χ3v) is 5.73. The van der Waals surface area contributed by atoms with Crippen LogP contribution >= 0.6 is 0 Å². The van der Waals surface area contributed by atoms with Gasteiger partial charge in [-0.1, -0.05) is 84.0 Å². The van der Waals surface area contributed by atoms with Gasteiger partial charge in [0, 0.05) is 16.7 Å². The number of esters is 1. The topological polar surface area (TPSA) is 60.4 Å². The summed E-state index contributed by atoms with van der Waals surface area (Å²) in [6, 6.07) is 13.0. The molecule has 1 aliphatic carbocycles. The first-order chi connectivity index (χ1) is 15.4. The van der Waals surface area contributed by atoms with Crippen molar-refractivity contribution in [3.8, 4) is 0 Å². The number of benzene rings is 2. The van der Waals surface area contributed by atoms with Gasteiger partial charge in [-0.15, -0.1) is 0 Å². The van der Waals surface area contributed by atoms with Crippen LogP contribution in [0.1, 0.15) is 58.8 Å². The molecule has 0 unspecified atom stereocenters. The first-order valence-electron chi connectivity index (χ1n) is 11.3. The molecule has 33 heavy (non-hydrogen) atoms. The number of ketones is 2. The number of hydrogen-bond acceptors (Lipinski definition) is 4. The predicted octanol–water partition coefficient (Wildman–Crippen LogP) is 6.41. The van der Waals surface area contributed by atoms with Gasteiger partial charge >= 0.3 is 5.97 Å². The Bertz CT molecular complexity index is 1180. The van der Waals surface area contributed by atoms with Crippen molar-refractivity contribution < 1.29 is 19.1 Å². The minimum atomic E-state index is -0.686. The molecule has 0 aromatic heterocycles. The molecule has 3 rings (SSSR count). The molecule has 0 atom stereocenters. The van der Waals surface area contributed by atoms with Crippen molar-refractivity contribution in [1.82, 2.24) is 0 Å². The van der Waals surface area contributed by atoms with Gasteiger partial charge in [0.05, 0.1) is 6.61 Å². The zero-order valence-electron chi connectivity index (χ0n) is 20.5. The lowest BCUT2D eigenvalue weighted by atomic mass is 9.71. The molecule has 0 radical (unpaired) electrons. The van der Waals surface area contributed by atoms with Crippen LogP contribution in [0.2, 0.25) is 0 Å². The smallest absolute Gasteiger partial charge is 0.342 e. The molecule has 2 aromatic rings. The molecule has 0 saturated heterocycles. The van der Waals surface area contributed by atoms with Crippen LogP contribution in [0.3, 0.4) is 0 Å². The molecule has 4 nitrogen and oxygen atoms in total. The van der Waals surface area contributed by atoms with E-state index in [9.17, 15) is 14.4 Å². The van der Waals surface area contributed by atoms with Crippen molar-refractivity contribution in [1.29, 1.82) is 0 Å². The van der Waals surface area contributed by atoms with Crippen LogP contribution in [0.4, 0.5) is 0 Å². The van der Waals surface area contributed by atoms with E-state index in [-0.39, 0.29) is 18.0 Å². The third kappa shape index (κ3) is 4.90. The molecule has 172 valence electrons. The second-order valence-corrected chi connectivity index (χ2v) is 10.4. The van der Waals surface area contributed by atoms with Gasteiger partial charge in [-0.05, 0) is 46.3 Å². The molecule has 0 fully saturated rings. The average Bonchev–Trinajstić information content (AvgIpc) is 2.73. The van der Waals surface area contributed by atoms with Crippen molar-refractivity contribution in [2.75, 3.05) is 6.61 Å². The van der Waals surface area contributed by atoms with E-state index in [0.29, 0.717) is 22.3 Å². The van der Waals surface area contributed by atoms with Gasteiger partial charge < -0.3 is 4.74 Å². The molecular weight excluding hydrogens is 412 g/mol. The second-order valence-electron chi connectivity index (χ2n) is 10.4. The largest absolute Gasteiger partial charge is 0.462 e. The van der Waals surface area contributed by atoms with Gasteiger partial charge in [-0.3, -0.25) is 9.59 Å². The zero-order chi connectivity index (χ0) is 24.6. The van der Waals surface area contributed by atoms with Crippen molar-refractivity contribution in [3.63, 3.8) is 0 Å². The van der Waals surface area contributed by atoms with E-state index in [1.165, 1.54) is 0 Å². The first-order valence-corrected chi connectivity index (χ1v) is 11.3. The quantitative estimate of drug-likeness (QED) is 0.180. The molecular formula is C29H32O4. The Hall–Kier alpha value is -3.27. The lowest BCUT2D eigenvalue weighted by molar-refractivity contribution is -0.138. The number of Topliss-reactive ketones (excluding diaryl/α,β-unsaturated/α-hetero) is 2. The monoisotopic (exact) mass is 444 g/mol. The fourth-order valence-corrected chi connectivity index (χ4v) is 3.99. The van der Waals surface area contributed by atoms with Crippen LogP contribution in [0, 0.1) is 10.8 Å². The maximum absolute atomic E-state index is 13.9. The number of carbonyl (C=O) groups is 3. The van der Waals surface area contributed by atoms with Gasteiger partial charge in [-0.2, -0.15) is 0 Å². The number of rotatable bonds is 4. The van der Waals surface area contributed by atoms with E-state index in [1.807, 2.05) is 71.9 Å². The standard InChI is InChI=1S/C29H32O4/c1-8-33-27(32)24(25(30)21-15-11-13-18-12-9-10-14-20(18)21)19-16-22(28(2,3)4)26(31)23(17-19)29(5,6)7/h9-17H,8H2,1-7H3. The molecule has 0 aliphatic heterocycles. The number of hydrogen-bond donors (Lipinski definition) is 0. The molecule has 0 bridgehead atoms. The highest BCUT2D eigenvalue weighted by molar-refractivity contribution is 6.29. The minimum Gasteiger partial charge on any atom is -0.462 e. The van der Waals surface area contributed by atoms with E-state index in [1.54, 1.807) is 31.2 Å². The van der Waals surface area contributed by atoms with Gasteiger partial charge in [0.25, 0.3) is 0 Å². The highest BCUT2D eigenvalue weighted by Gasteiger charge is 2.36.